The van der Waals surface area contributed by atoms with Gasteiger partial charge in [-0.05, 0) is 36.9 Å². The summed E-state index contributed by atoms with van der Waals surface area (Å²) >= 11 is 0. The van der Waals surface area contributed by atoms with Gasteiger partial charge in [0.15, 0.2) is 0 Å². The van der Waals surface area contributed by atoms with Crippen molar-refractivity contribution in [1.82, 2.24) is 4.90 Å². The highest BCUT2D eigenvalue weighted by Crippen LogP contribution is 2.16. The van der Waals surface area contributed by atoms with Gasteiger partial charge in [-0.15, -0.1) is 0 Å². The van der Waals surface area contributed by atoms with Gasteiger partial charge in [0.2, 0.25) is 0 Å². The SMILES string of the molecule is CCN(Cc1ccccc1CN)CC1CCCCO1. The van der Waals surface area contributed by atoms with Crippen molar-refractivity contribution < 1.29 is 4.74 Å². The van der Waals surface area contributed by atoms with Gasteiger partial charge in [-0.1, -0.05) is 31.2 Å². The second-order valence-electron chi connectivity index (χ2n) is 5.29. The van der Waals surface area contributed by atoms with E-state index in [4.69, 9.17) is 10.5 Å². The largest absolute Gasteiger partial charge is 0.377 e. The third-order valence-corrected chi connectivity index (χ3v) is 3.92. The van der Waals surface area contributed by atoms with E-state index >= 15 is 0 Å². The minimum atomic E-state index is 0.415. The fourth-order valence-electron chi connectivity index (χ4n) is 2.70. The molecule has 1 unspecified atom stereocenters. The van der Waals surface area contributed by atoms with E-state index in [0.29, 0.717) is 12.6 Å². The minimum Gasteiger partial charge on any atom is -0.377 e. The van der Waals surface area contributed by atoms with E-state index in [2.05, 4.69) is 36.1 Å². The Kier molecular flexibility index (Phi) is 5.83. The van der Waals surface area contributed by atoms with Gasteiger partial charge in [0.25, 0.3) is 0 Å². The highest BCUT2D eigenvalue weighted by Gasteiger charge is 2.17. The second-order valence-corrected chi connectivity index (χ2v) is 5.29. The molecule has 106 valence electrons. The Hall–Kier alpha value is -0.900. The van der Waals surface area contributed by atoms with Crippen LogP contribution in [0.3, 0.4) is 0 Å². The van der Waals surface area contributed by atoms with Crippen molar-refractivity contribution in [2.45, 2.75) is 45.4 Å². The predicted molar refractivity (Wildman–Crippen MR) is 78.9 cm³/mol. The smallest absolute Gasteiger partial charge is 0.0702 e. The molecule has 0 aromatic heterocycles. The molecule has 1 aliphatic rings. The molecular weight excluding hydrogens is 236 g/mol. The quantitative estimate of drug-likeness (QED) is 0.856. The number of hydrogen-bond donors (Lipinski definition) is 1. The standard InChI is InChI=1S/C16H26N2O/c1-2-18(13-16-9-5-6-10-19-16)12-15-8-4-3-7-14(15)11-17/h3-4,7-8,16H,2,5-6,9-13,17H2,1H3. The molecule has 0 bridgehead atoms. The topological polar surface area (TPSA) is 38.5 Å². The molecule has 1 aliphatic heterocycles. The first kappa shape index (κ1) is 14.5. The zero-order valence-corrected chi connectivity index (χ0v) is 12.0. The molecule has 2 rings (SSSR count). The number of ether oxygens (including phenoxy) is 1. The van der Waals surface area contributed by atoms with Crippen molar-refractivity contribution in [3.63, 3.8) is 0 Å². The van der Waals surface area contributed by atoms with Crippen LogP contribution in [0.25, 0.3) is 0 Å². The molecule has 3 heteroatoms. The van der Waals surface area contributed by atoms with Crippen molar-refractivity contribution in [2.24, 2.45) is 5.73 Å². The minimum absolute atomic E-state index is 0.415. The van der Waals surface area contributed by atoms with Crippen LogP contribution in [0, 0.1) is 0 Å². The van der Waals surface area contributed by atoms with Crippen LogP contribution in [0.2, 0.25) is 0 Å². The lowest BCUT2D eigenvalue weighted by Crippen LogP contribution is -2.35. The maximum atomic E-state index is 5.84. The second kappa shape index (κ2) is 7.63. The molecule has 1 heterocycles. The van der Waals surface area contributed by atoms with Crippen molar-refractivity contribution in [3.8, 4) is 0 Å². The average molecular weight is 262 g/mol. The lowest BCUT2D eigenvalue weighted by Gasteiger charge is -2.29. The van der Waals surface area contributed by atoms with Gasteiger partial charge in [-0.2, -0.15) is 0 Å². The molecule has 0 amide bonds. The van der Waals surface area contributed by atoms with Crippen LogP contribution >= 0.6 is 0 Å². The number of rotatable bonds is 6. The lowest BCUT2D eigenvalue weighted by molar-refractivity contribution is -0.00627. The third kappa shape index (κ3) is 4.30. The molecule has 1 saturated heterocycles. The molecule has 0 spiro atoms. The summed E-state index contributed by atoms with van der Waals surface area (Å²) in [5, 5.41) is 0. The van der Waals surface area contributed by atoms with Crippen LogP contribution in [0.4, 0.5) is 0 Å². The Morgan fingerprint density at radius 2 is 2.05 bits per heavy atom. The van der Waals surface area contributed by atoms with Gasteiger partial charge < -0.3 is 10.5 Å². The maximum Gasteiger partial charge on any atom is 0.0702 e. The van der Waals surface area contributed by atoms with Gasteiger partial charge in [-0.3, -0.25) is 4.90 Å². The Bertz CT molecular complexity index is 375. The van der Waals surface area contributed by atoms with Crippen LogP contribution < -0.4 is 5.73 Å². The van der Waals surface area contributed by atoms with Crippen LogP contribution in [0.15, 0.2) is 24.3 Å². The van der Waals surface area contributed by atoms with Gasteiger partial charge in [0.1, 0.15) is 0 Å². The van der Waals surface area contributed by atoms with E-state index in [-0.39, 0.29) is 0 Å². The van der Waals surface area contributed by atoms with Crippen molar-refractivity contribution in [2.75, 3.05) is 19.7 Å². The van der Waals surface area contributed by atoms with E-state index in [1.54, 1.807) is 0 Å². The van der Waals surface area contributed by atoms with E-state index in [1.165, 1.54) is 30.4 Å². The molecule has 19 heavy (non-hydrogen) atoms. The van der Waals surface area contributed by atoms with E-state index in [1.807, 2.05) is 0 Å². The van der Waals surface area contributed by atoms with Gasteiger partial charge in [0, 0.05) is 26.2 Å². The summed E-state index contributed by atoms with van der Waals surface area (Å²) in [4.78, 5) is 2.46. The van der Waals surface area contributed by atoms with Gasteiger partial charge in [0.05, 0.1) is 6.10 Å². The summed E-state index contributed by atoms with van der Waals surface area (Å²) in [5.74, 6) is 0. The predicted octanol–water partition coefficient (Wildman–Crippen LogP) is 2.54. The fourth-order valence-corrected chi connectivity index (χ4v) is 2.70. The number of benzene rings is 1. The molecule has 0 aliphatic carbocycles. The molecule has 1 fully saturated rings. The average Bonchev–Trinajstić information content (AvgIpc) is 2.48. The third-order valence-electron chi connectivity index (χ3n) is 3.92. The van der Waals surface area contributed by atoms with Crippen LogP contribution in [0.5, 0.6) is 0 Å². The molecule has 0 radical (unpaired) electrons. The van der Waals surface area contributed by atoms with Gasteiger partial charge >= 0.3 is 0 Å². The Morgan fingerprint density at radius 1 is 1.26 bits per heavy atom. The molecule has 1 atom stereocenters. The van der Waals surface area contributed by atoms with Crippen LogP contribution in [0.1, 0.15) is 37.3 Å². The summed E-state index contributed by atoms with van der Waals surface area (Å²) in [7, 11) is 0. The molecule has 3 nitrogen and oxygen atoms in total. The highest BCUT2D eigenvalue weighted by atomic mass is 16.5. The van der Waals surface area contributed by atoms with E-state index in [9.17, 15) is 0 Å². The highest BCUT2D eigenvalue weighted by molar-refractivity contribution is 5.26. The summed E-state index contributed by atoms with van der Waals surface area (Å²) in [6.07, 6.45) is 4.15. The Balaban J connectivity index is 1.94. The first-order valence-corrected chi connectivity index (χ1v) is 7.44. The molecule has 1 aromatic carbocycles. The lowest BCUT2D eigenvalue weighted by atomic mass is 10.1. The first-order valence-electron chi connectivity index (χ1n) is 7.44. The molecule has 1 aromatic rings. The summed E-state index contributed by atoms with van der Waals surface area (Å²) in [6.45, 7) is 6.83. The number of likely N-dealkylation sites (N-methyl/N-ethyl adjacent to an activating group) is 1. The molecular formula is C16H26N2O. The fraction of sp³-hybridized carbons (Fsp3) is 0.625. The van der Waals surface area contributed by atoms with Crippen molar-refractivity contribution in [1.29, 1.82) is 0 Å². The molecule has 0 saturated carbocycles. The monoisotopic (exact) mass is 262 g/mol. The first-order chi connectivity index (χ1) is 9.33. The molecule has 2 N–H and O–H groups in total. The Labute approximate surface area is 116 Å². The van der Waals surface area contributed by atoms with E-state index in [0.717, 1.165) is 26.2 Å². The summed E-state index contributed by atoms with van der Waals surface area (Å²) < 4.78 is 5.84. The normalized spacial score (nSPS) is 19.8. The number of nitrogens with zero attached hydrogens (tertiary/aromatic N) is 1. The zero-order chi connectivity index (χ0) is 13.5. The number of nitrogens with two attached hydrogens (primary N) is 1. The zero-order valence-electron chi connectivity index (χ0n) is 12.0. The van der Waals surface area contributed by atoms with Gasteiger partial charge in [-0.25, -0.2) is 0 Å². The number of hydrogen-bond acceptors (Lipinski definition) is 3. The summed E-state index contributed by atoms with van der Waals surface area (Å²) in [6, 6.07) is 8.47. The Morgan fingerprint density at radius 3 is 2.68 bits per heavy atom. The van der Waals surface area contributed by atoms with Crippen molar-refractivity contribution >= 4 is 0 Å². The van der Waals surface area contributed by atoms with E-state index < -0.39 is 0 Å². The summed E-state index contributed by atoms with van der Waals surface area (Å²) in [5.41, 5.74) is 8.41. The van der Waals surface area contributed by atoms with Crippen LogP contribution in [-0.2, 0) is 17.8 Å². The van der Waals surface area contributed by atoms with Crippen molar-refractivity contribution in [3.05, 3.63) is 35.4 Å². The van der Waals surface area contributed by atoms with Crippen LogP contribution in [-0.4, -0.2) is 30.7 Å². The maximum absolute atomic E-state index is 5.84.